The molecule has 2 aromatic rings. The first-order valence-corrected chi connectivity index (χ1v) is 8.74. The zero-order valence-corrected chi connectivity index (χ0v) is 13.2. The lowest BCUT2D eigenvalue weighted by molar-refractivity contribution is 0.148. The number of para-hydroxylation sites is 1. The molecule has 0 unspecified atom stereocenters. The summed E-state index contributed by atoms with van der Waals surface area (Å²) in [5, 5.41) is 1.25. The minimum absolute atomic E-state index is 0.849. The first-order valence-electron chi connectivity index (χ1n) is 8.74. The van der Waals surface area contributed by atoms with Gasteiger partial charge in [0.25, 0.3) is 0 Å². The number of aromatic nitrogens is 1. The molecule has 2 fully saturated rings. The first-order chi connectivity index (χ1) is 10.9. The van der Waals surface area contributed by atoms with Gasteiger partial charge < -0.3 is 4.90 Å². The summed E-state index contributed by atoms with van der Waals surface area (Å²) in [5.74, 6) is 0. The first kappa shape index (κ1) is 14.0. The van der Waals surface area contributed by atoms with Gasteiger partial charge in [0.2, 0.25) is 0 Å². The van der Waals surface area contributed by atoms with E-state index < -0.39 is 0 Å². The Morgan fingerprint density at radius 1 is 0.864 bits per heavy atom. The van der Waals surface area contributed by atoms with Gasteiger partial charge in [-0.15, -0.1) is 0 Å². The van der Waals surface area contributed by atoms with Gasteiger partial charge in [0, 0.05) is 43.8 Å². The van der Waals surface area contributed by atoms with E-state index in [4.69, 9.17) is 0 Å². The van der Waals surface area contributed by atoms with Crippen molar-refractivity contribution in [1.82, 2.24) is 9.88 Å². The van der Waals surface area contributed by atoms with Crippen molar-refractivity contribution >= 4 is 16.6 Å². The van der Waals surface area contributed by atoms with E-state index in [0.717, 1.165) is 24.6 Å². The molecule has 0 N–H and O–H groups in total. The van der Waals surface area contributed by atoms with Crippen LogP contribution in [0, 0.1) is 0 Å². The highest BCUT2D eigenvalue weighted by atomic mass is 15.3. The topological polar surface area (TPSA) is 19.4 Å². The molecule has 3 heteroatoms. The summed E-state index contributed by atoms with van der Waals surface area (Å²) in [4.78, 5) is 9.86. The fourth-order valence-electron chi connectivity index (χ4n) is 4.12. The molecule has 116 valence electrons. The maximum Gasteiger partial charge on any atom is 0.0935 e. The van der Waals surface area contributed by atoms with Crippen LogP contribution >= 0.6 is 0 Å². The average Bonchev–Trinajstić information content (AvgIpc) is 2.62. The minimum atomic E-state index is 0.849. The zero-order chi connectivity index (χ0) is 14.8. The molecule has 0 spiro atoms. The SMILES string of the molecule is c1cnc2c(N3CCN(C4CCCCC4)CC3)cccc2c1. The largest absolute Gasteiger partial charge is 0.367 e. The third-order valence-electron chi connectivity index (χ3n) is 5.36. The lowest BCUT2D eigenvalue weighted by atomic mass is 9.94. The number of piperazine rings is 1. The molecule has 1 aliphatic heterocycles. The molecule has 2 aliphatic rings. The third-order valence-corrected chi connectivity index (χ3v) is 5.36. The van der Waals surface area contributed by atoms with Gasteiger partial charge in [0.15, 0.2) is 0 Å². The van der Waals surface area contributed by atoms with Crippen molar-refractivity contribution in [2.45, 2.75) is 38.1 Å². The van der Waals surface area contributed by atoms with Crippen LogP contribution in [0.1, 0.15) is 32.1 Å². The van der Waals surface area contributed by atoms with E-state index in [1.54, 1.807) is 0 Å². The Morgan fingerprint density at radius 3 is 2.45 bits per heavy atom. The molecule has 1 aromatic heterocycles. The summed E-state index contributed by atoms with van der Waals surface area (Å²) in [6.45, 7) is 4.67. The Kier molecular flexibility index (Phi) is 3.98. The molecule has 1 saturated heterocycles. The van der Waals surface area contributed by atoms with Gasteiger partial charge >= 0.3 is 0 Å². The van der Waals surface area contributed by atoms with Crippen molar-refractivity contribution in [3.63, 3.8) is 0 Å². The van der Waals surface area contributed by atoms with Gasteiger partial charge in [-0.3, -0.25) is 9.88 Å². The monoisotopic (exact) mass is 295 g/mol. The number of hydrogen-bond acceptors (Lipinski definition) is 3. The molecule has 0 radical (unpaired) electrons. The van der Waals surface area contributed by atoms with E-state index in [2.05, 4.69) is 39.0 Å². The van der Waals surface area contributed by atoms with E-state index in [9.17, 15) is 0 Å². The van der Waals surface area contributed by atoms with Gasteiger partial charge in [-0.25, -0.2) is 0 Å². The molecule has 2 heterocycles. The molecule has 1 saturated carbocycles. The lowest BCUT2D eigenvalue weighted by Gasteiger charge is -2.41. The summed E-state index contributed by atoms with van der Waals surface area (Å²) in [6.07, 6.45) is 9.03. The minimum Gasteiger partial charge on any atom is -0.367 e. The van der Waals surface area contributed by atoms with Gasteiger partial charge in [-0.2, -0.15) is 0 Å². The Morgan fingerprint density at radius 2 is 1.64 bits per heavy atom. The lowest BCUT2D eigenvalue weighted by Crippen LogP contribution is -2.50. The van der Waals surface area contributed by atoms with Crippen molar-refractivity contribution in [2.24, 2.45) is 0 Å². The number of fused-ring (bicyclic) bond motifs is 1. The predicted molar refractivity (Wildman–Crippen MR) is 92.4 cm³/mol. The van der Waals surface area contributed by atoms with Crippen molar-refractivity contribution in [3.05, 3.63) is 36.5 Å². The average molecular weight is 295 g/mol. The molecule has 1 aromatic carbocycles. The molecular formula is C19H25N3. The summed E-state index contributed by atoms with van der Waals surface area (Å²) >= 11 is 0. The number of anilines is 1. The van der Waals surface area contributed by atoms with E-state index in [-0.39, 0.29) is 0 Å². The van der Waals surface area contributed by atoms with Crippen molar-refractivity contribution in [3.8, 4) is 0 Å². The van der Waals surface area contributed by atoms with Crippen LogP contribution in [0.3, 0.4) is 0 Å². The molecule has 3 nitrogen and oxygen atoms in total. The summed E-state index contributed by atoms with van der Waals surface area (Å²) < 4.78 is 0. The fraction of sp³-hybridized carbons (Fsp3) is 0.526. The summed E-state index contributed by atoms with van der Waals surface area (Å²) in [7, 11) is 0. The second-order valence-corrected chi connectivity index (χ2v) is 6.67. The Balaban J connectivity index is 1.48. The third kappa shape index (κ3) is 2.70. The zero-order valence-electron chi connectivity index (χ0n) is 13.2. The molecule has 4 rings (SSSR count). The van der Waals surface area contributed by atoms with Crippen molar-refractivity contribution < 1.29 is 0 Å². The van der Waals surface area contributed by atoms with E-state index >= 15 is 0 Å². The highest BCUT2D eigenvalue weighted by Crippen LogP contribution is 2.28. The second-order valence-electron chi connectivity index (χ2n) is 6.67. The van der Waals surface area contributed by atoms with Crippen LogP contribution in [-0.4, -0.2) is 42.1 Å². The smallest absolute Gasteiger partial charge is 0.0935 e. The van der Waals surface area contributed by atoms with Gasteiger partial charge in [0.05, 0.1) is 11.2 Å². The van der Waals surface area contributed by atoms with E-state index in [0.29, 0.717) is 0 Å². The Labute approximate surface area is 132 Å². The normalized spacial score (nSPS) is 21.4. The van der Waals surface area contributed by atoms with Crippen molar-refractivity contribution in [1.29, 1.82) is 0 Å². The highest BCUT2D eigenvalue weighted by Gasteiger charge is 2.25. The molecule has 1 aliphatic carbocycles. The maximum absolute atomic E-state index is 4.61. The number of benzene rings is 1. The van der Waals surface area contributed by atoms with Crippen LogP contribution in [-0.2, 0) is 0 Å². The fourth-order valence-corrected chi connectivity index (χ4v) is 4.12. The number of pyridine rings is 1. The molecule has 0 atom stereocenters. The molecule has 0 amide bonds. The Hall–Kier alpha value is -1.61. The van der Waals surface area contributed by atoms with Crippen LogP contribution < -0.4 is 4.90 Å². The van der Waals surface area contributed by atoms with Gasteiger partial charge in [0.1, 0.15) is 0 Å². The number of rotatable bonds is 2. The highest BCUT2D eigenvalue weighted by molar-refractivity contribution is 5.90. The molecular weight excluding hydrogens is 270 g/mol. The van der Waals surface area contributed by atoms with Crippen LogP contribution in [0.2, 0.25) is 0 Å². The van der Waals surface area contributed by atoms with Gasteiger partial charge in [-0.1, -0.05) is 37.5 Å². The summed E-state index contributed by atoms with van der Waals surface area (Å²) in [6, 6.07) is 11.6. The maximum atomic E-state index is 4.61. The molecule has 22 heavy (non-hydrogen) atoms. The van der Waals surface area contributed by atoms with Gasteiger partial charge in [-0.05, 0) is 25.0 Å². The van der Waals surface area contributed by atoms with Crippen LogP contribution in [0.4, 0.5) is 5.69 Å². The predicted octanol–water partition coefficient (Wildman–Crippen LogP) is 3.69. The van der Waals surface area contributed by atoms with E-state index in [1.165, 1.54) is 56.3 Å². The van der Waals surface area contributed by atoms with E-state index in [1.807, 2.05) is 12.3 Å². The Bertz CT molecular complexity index is 620. The number of nitrogens with zero attached hydrogens (tertiary/aromatic N) is 3. The summed E-state index contributed by atoms with van der Waals surface area (Å²) in [5.41, 5.74) is 2.46. The van der Waals surface area contributed by atoms with Crippen LogP contribution in [0.15, 0.2) is 36.5 Å². The van der Waals surface area contributed by atoms with Crippen molar-refractivity contribution in [2.75, 3.05) is 31.1 Å². The molecule has 0 bridgehead atoms. The second kappa shape index (κ2) is 6.25. The standard InChI is InChI=1S/C19H25N3/c1-2-8-17(9-3-1)21-12-14-22(15-13-21)18-10-4-6-16-7-5-11-20-19(16)18/h4-7,10-11,17H,1-3,8-9,12-15H2. The van der Waals surface area contributed by atoms with Crippen LogP contribution in [0.25, 0.3) is 10.9 Å². The van der Waals surface area contributed by atoms with Crippen LogP contribution in [0.5, 0.6) is 0 Å². The quantitative estimate of drug-likeness (QED) is 0.842. The number of hydrogen-bond donors (Lipinski definition) is 0.